The van der Waals surface area contributed by atoms with Gasteiger partial charge in [-0.25, -0.2) is 9.97 Å². The number of aryl methyl sites for hydroxylation is 1. The first-order chi connectivity index (χ1) is 7.27. The Balaban J connectivity index is 2.62. The molecule has 0 bridgehead atoms. The molecule has 1 rings (SSSR count). The van der Waals surface area contributed by atoms with Crippen molar-refractivity contribution in [3.05, 3.63) is 23.8 Å². The molecule has 1 aromatic rings. The second-order valence-electron chi connectivity index (χ2n) is 3.34. The molecule has 0 aliphatic rings. The van der Waals surface area contributed by atoms with Crippen molar-refractivity contribution in [3.8, 4) is 12.3 Å². The van der Waals surface area contributed by atoms with E-state index in [1.165, 1.54) is 0 Å². The van der Waals surface area contributed by atoms with E-state index in [2.05, 4.69) is 21.3 Å². The number of unbranched alkanes of at least 4 members (excludes halogenated alkanes) is 1. The van der Waals surface area contributed by atoms with E-state index in [4.69, 9.17) is 12.3 Å². The lowest BCUT2D eigenvalue weighted by Gasteiger charge is -2.14. The summed E-state index contributed by atoms with van der Waals surface area (Å²) < 4.78 is 0. The van der Waals surface area contributed by atoms with Crippen molar-refractivity contribution in [2.75, 3.05) is 0 Å². The number of nitrogens with zero attached hydrogens (tertiary/aromatic N) is 2. The summed E-state index contributed by atoms with van der Waals surface area (Å²) in [5.41, 5.74) is 3.66. The molecule has 0 aliphatic heterocycles. The fourth-order valence-electron chi connectivity index (χ4n) is 1.39. The van der Waals surface area contributed by atoms with E-state index in [0.29, 0.717) is 0 Å². The molecular formula is C11H16N4. The topological polar surface area (TPSA) is 63.8 Å². The van der Waals surface area contributed by atoms with Crippen LogP contribution in [0.15, 0.2) is 12.3 Å². The largest absolute Gasteiger partial charge is 0.271 e. The molecule has 0 fully saturated rings. The third kappa shape index (κ3) is 3.66. The second-order valence-corrected chi connectivity index (χ2v) is 3.34. The fourth-order valence-corrected chi connectivity index (χ4v) is 1.39. The molecule has 1 aromatic heterocycles. The maximum atomic E-state index is 5.48. The molecule has 3 N–H and O–H groups in total. The highest BCUT2D eigenvalue weighted by atomic mass is 15.2. The minimum atomic E-state index is 0.0556. The Morgan fingerprint density at radius 3 is 3.07 bits per heavy atom. The van der Waals surface area contributed by atoms with Crippen molar-refractivity contribution in [2.45, 2.75) is 32.2 Å². The van der Waals surface area contributed by atoms with E-state index in [9.17, 15) is 0 Å². The van der Waals surface area contributed by atoms with Gasteiger partial charge in [0.05, 0.1) is 11.7 Å². The van der Waals surface area contributed by atoms with Gasteiger partial charge in [-0.15, -0.1) is 12.3 Å². The molecule has 0 spiro atoms. The minimum Gasteiger partial charge on any atom is -0.271 e. The second kappa shape index (κ2) is 6.12. The van der Waals surface area contributed by atoms with Gasteiger partial charge in [0.1, 0.15) is 5.82 Å². The first kappa shape index (κ1) is 11.6. The third-order valence-corrected chi connectivity index (χ3v) is 2.17. The summed E-state index contributed by atoms with van der Waals surface area (Å²) in [6.07, 6.45) is 9.52. The number of terminal acetylenes is 1. The molecule has 0 aromatic carbocycles. The highest BCUT2D eigenvalue weighted by molar-refractivity contribution is 5.07. The van der Waals surface area contributed by atoms with Gasteiger partial charge in [0.15, 0.2) is 0 Å². The Morgan fingerprint density at radius 1 is 1.67 bits per heavy atom. The molecule has 1 unspecified atom stereocenters. The Bertz CT molecular complexity index is 343. The summed E-state index contributed by atoms with van der Waals surface area (Å²) in [6, 6.07) is 1.92. The number of hydrogen-bond donors (Lipinski definition) is 2. The van der Waals surface area contributed by atoms with Crippen LogP contribution in [0.3, 0.4) is 0 Å². The van der Waals surface area contributed by atoms with Crippen molar-refractivity contribution in [2.24, 2.45) is 5.84 Å². The average molecular weight is 204 g/mol. The van der Waals surface area contributed by atoms with E-state index in [0.717, 1.165) is 30.8 Å². The quantitative estimate of drug-likeness (QED) is 0.326. The fraction of sp³-hybridized carbons (Fsp3) is 0.455. The highest BCUT2D eigenvalue weighted by Gasteiger charge is 2.10. The molecule has 0 saturated heterocycles. The first-order valence-electron chi connectivity index (χ1n) is 4.97. The Labute approximate surface area is 90.3 Å². The molecule has 0 aliphatic carbocycles. The lowest BCUT2D eigenvalue weighted by Crippen LogP contribution is -2.28. The van der Waals surface area contributed by atoms with Crippen LogP contribution in [-0.2, 0) is 0 Å². The lowest BCUT2D eigenvalue weighted by molar-refractivity contribution is 0.489. The number of nitrogens with two attached hydrogens (primary N) is 1. The standard InChI is InChI=1S/C11H16N4/c1-3-4-5-6-11(15-12)10-7-8-13-9(2)14-10/h1,7-8,11,15H,4-6,12H2,2H3. The zero-order valence-electron chi connectivity index (χ0n) is 8.90. The van der Waals surface area contributed by atoms with Crippen molar-refractivity contribution in [3.63, 3.8) is 0 Å². The van der Waals surface area contributed by atoms with Crippen LogP contribution in [0.25, 0.3) is 0 Å². The molecule has 0 radical (unpaired) electrons. The molecule has 4 heteroatoms. The van der Waals surface area contributed by atoms with Gasteiger partial charge in [-0.05, 0) is 25.8 Å². The minimum absolute atomic E-state index is 0.0556. The summed E-state index contributed by atoms with van der Waals surface area (Å²) in [4.78, 5) is 8.36. The van der Waals surface area contributed by atoms with Gasteiger partial charge in [0.2, 0.25) is 0 Å². The molecular weight excluding hydrogens is 188 g/mol. The number of hydrogen-bond acceptors (Lipinski definition) is 4. The summed E-state index contributed by atoms with van der Waals surface area (Å²) >= 11 is 0. The van der Waals surface area contributed by atoms with Gasteiger partial charge in [0, 0.05) is 12.6 Å². The molecule has 15 heavy (non-hydrogen) atoms. The van der Waals surface area contributed by atoms with Gasteiger partial charge in [-0.2, -0.15) is 0 Å². The van der Waals surface area contributed by atoms with E-state index in [-0.39, 0.29) is 6.04 Å². The van der Waals surface area contributed by atoms with Crippen LogP contribution in [0.4, 0.5) is 0 Å². The Kier molecular flexibility index (Phi) is 4.75. The monoisotopic (exact) mass is 204 g/mol. The zero-order valence-corrected chi connectivity index (χ0v) is 8.90. The molecule has 80 valence electrons. The van der Waals surface area contributed by atoms with Gasteiger partial charge in [-0.3, -0.25) is 11.3 Å². The normalized spacial score (nSPS) is 12.1. The molecule has 1 heterocycles. The van der Waals surface area contributed by atoms with Crippen LogP contribution < -0.4 is 11.3 Å². The van der Waals surface area contributed by atoms with E-state index < -0.39 is 0 Å². The van der Waals surface area contributed by atoms with Crippen LogP contribution in [0.5, 0.6) is 0 Å². The highest BCUT2D eigenvalue weighted by Crippen LogP contribution is 2.15. The van der Waals surface area contributed by atoms with Crippen molar-refractivity contribution < 1.29 is 0 Å². The average Bonchev–Trinajstić information content (AvgIpc) is 2.24. The van der Waals surface area contributed by atoms with Gasteiger partial charge in [0.25, 0.3) is 0 Å². The summed E-state index contributed by atoms with van der Waals surface area (Å²) in [7, 11) is 0. The van der Waals surface area contributed by atoms with Gasteiger partial charge in [-0.1, -0.05) is 0 Å². The Hall–Kier alpha value is -1.44. The van der Waals surface area contributed by atoms with Crippen molar-refractivity contribution in [1.29, 1.82) is 0 Å². The molecule has 4 nitrogen and oxygen atoms in total. The zero-order chi connectivity index (χ0) is 11.1. The van der Waals surface area contributed by atoms with Crippen molar-refractivity contribution in [1.82, 2.24) is 15.4 Å². The predicted molar refractivity (Wildman–Crippen MR) is 59.5 cm³/mol. The summed E-state index contributed by atoms with van der Waals surface area (Å²) in [6.45, 7) is 1.86. The van der Waals surface area contributed by atoms with E-state index >= 15 is 0 Å². The van der Waals surface area contributed by atoms with E-state index in [1.807, 2.05) is 13.0 Å². The number of nitrogens with one attached hydrogen (secondary N) is 1. The van der Waals surface area contributed by atoms with Gasteiger partial charge >= 0.3 is 0 Å². The van der Waals surface area contributed by atoms with Crippen LogP contribution in [0.1, 0.15) is 36.8 Å². The Morgan fingerprint density at radius 2 is 2.47 bits per heavy atom. The number of aromatic nitrogens is 2. The molecule has 1 atom stereocenters. The van der Waals surface area contributed by atoms with Crippen LogP contribution in [0, 0.1) is 19.3 Å². The maximum absolute atomic E-state index is 5.48. The van der Waals surface area contributed by atoms with Crippen LogP contribution in [0.2, 0.25) is 0 Å². The first-order valence-corrected chi connectivity index (χ1v) is 4.97. The molecule has 0 amide bonds. The SMILES string of the molecule is C#CCCCC(NN)c1ccnc(C)n1. The van der Waals surface area contributed by atoms with Crippen LogP contribution >= 0.6 is 0 Å². The number of rotatable bonds is 5. The van der Waals surface area contributed by atoms with E-state index in [1.54, 1.807) is 6.20 Å². The third-order valence-electron chi connectivity index (χ3n) is 2.17. The maximum Gasteiger partial charge on any atom is 0.125 e. The summed E-state index contributed by atoms with van der Waals surface area (Å²) in [5, 5.41) is 0. The number of hydrazine groups is 1. The van der Waals surface area contributed by atoms with Crippen LogP contribution in [-0.4, -0.2) is 9.97 Å². The molecule has 0 saturated carbocycles. The predicted octanol–water partition coefficient (Wildman–Crippen LogP) is 1.09. The van der Waals surface area contributed by atoms with Gasteiger partial charge < -0.3 is 0 Å². The smallest absolute Gasteiger partial charge is 0.125 e. The summed E-state index contributed by atoms with van der Waals surface area (Å²) in [5.74, 6) is 8.84. The van der Waals surface area contributed by atoms with Crippen molar-refractivity contribution >= 4 is 0 Å². The lowest BCUT2D eigenvalue weighted by atomic mass is 10.1.